The number of hydrogen-bond acceptors (Lipinski definition) is 3. The monoisotopic (exact) mass is 299 g/mol. The van der Waals surface area contributed by atoms with Crippen molar-refractivity contribution in [3.8, 4) is 0 Å². The molecule has 2 N–H and O–H groups in total. The molecule has 4 nitrogen and oxygen atoms in total. The first kappa shape index (κ1) is 14.7. The van der Waals surface area contributed by atoms with Gasteiger partial charge in [0.25, 0.3) is 0 Å². The first-order chi connectivity index (χ1) is 10.1. The molecule has 1 amide bonds. The van der Waals surface area contributed by atoms with Crippen LogP contribution < -0.4 is 5.32 Å². The number of carboxylic acids is 1. The van der Waals surface area contributed by atoms with E-state index in [-0.39, 0.29) is 5.91 Å². The Bertz CT molecular complexity index is 670. The van der Waals surface area contributed by atoms with Crippen LogP contribution in [0, 0.1) is 0 Å². The Morgan fingerprint density at radius 2 is 1.81 bits per heavy atom. The average Bonchev–Trinajstić information content (AvgIpc) is 2.98. The van der Waals surface area contributed by atoms with Gasteiger partial charge in [0.2, 0.25) is 5.91 Å². The molecule has 0 fully saturated rings. The Kier molecular flexibility index (Phi) is 5.06. The third-order valence-corrected chi connectivity index (χ3v) is 3.38. The number of carbonyl (C=O) groups is 2. The highest BCUT2D eigenvalue weighted by Crippen LogP contribution is 2.12. The Morgan fingerprint density at radius 1 is 1.05 bits per heavy atom. The third-order valence-electron chi connectivity index (χ3n) is 2.54. The Balaban J connectivity index is 1.93. The summed E-state index contributed by atoms with van der Waals surface area (Å²) in [6.45, 7) is 0. The Morgan fingerprint density at radius 3 is 2.43 bits per heavy atom. The van der Waals surface area contributed by atoms with Crippen molar-refractivity contribution >= 4 is 41.1 Å². The molecule has 1 aromatic heterocycles. The molecule has 0 saturated heterocycles. The highest BCUT2D eigenvalue weighted by atomic mass is 32.1. The molecule has 2 aromatic rings. The van der Waals surface area contributed by atoms with Crippen LogP contribution in [0.3, 0.4) is 0 Å². The second kappa shape index (κ2) is 7.21. The summed E-state index contributed by atoms with van der Waals surface area (Å²) in [6, 6.07) is 10.8. The summed E-state index contributed by atoms with van der Waals surface area (Å²) in [7, 11) is 0. The van der Waals surface area contributed by atoms with Crippen molar-refractivity contribution < 1.29 is 14.7 Å². The number of anilines is 1. The molecule has 1 heterocycles. The number of carbonyl (C=O) groups excluding carboxylic acids is 1. The molecule has 2 rings (SSSR count). The van der Waals surface area contributed by atoms with Crippen molar-refractivity contribution in [3.05, 3.63) is 64.4 Å². The molecule has 106 valence electrons. The molecular weight excluding hydrogens is 286 g/mol. The van der Waals surface area contributed by atoms with E-state index < -0.39 is 5.97 Å². The topological polar surface area (TPSA) is 66.4 Å². The number of benzene rings is 1. The molecule has 5 heteroatoms. The minimum atomic E-state index is -0.994. The van der Waals surface area contributed by atoms with E-state index >= 15 is 0 Å². The highest BCUT2D eigenvalue weighted by Gasteiger charge is 1.98. The fourth-order valence-corrected chi connectivity index (χ4v) is 2.19. The second-order valence-electron chi connectivity index (χ2n) is 4.13. The molecular formula is C16H13NO3S. The predicted octanol–water partition coefficient (Wildman–Crippen LogP) is 3.50. The molecule has 0 radical (unpaired) electrons. The molecule has 1 aromatic carbocycles. The number of thiophene rings is 1. The highest BCUT2D eigenvalue weighted by molar-refractivity contribution is 7.10. The molecule has 0 atom stereocenters. The normalized spacial score (nSPS) is 11.0. The van der Waals surface area contributed by atoms with Crippen LogP contribution in [0.25, 0.3) is 12.2 Å². The van der Waals surface area contributed by atoms with Gasteiger partial charge in [-0.05, 0) is 41.3 Å². The SMILES string of the molecule is O=C(O)/C=C/c1ccc(NC(=O)/C=C/c2cccs2)cc1. The van der Waals surface area contributed by atoms with Gasteiger partial charge in [0.15, 0.2) is 0 Å². The zero-order valence-corrected chi connectivity index (χ0v) is 11.8. The second-order valence-corrected chi connectivity index (χ2v) is 5.11. The minimum Gasteiger partial charge on any atom is -0.478 e. The maximum absolute atomic E-state index is 11.7. The lowest BCUT2D eigenvalue weighted by atomic mass is 10.2. The van der Waals surface area contributed by atoms with Crippen molar-refractivity contribution in [2.24, 2.45) is 0 Å². The molecule has 0 aliphatic carbocycles. The Labute approximate surface area is 126 Å². The van der Waals surface area contributed by atoms with Gasteiger partial charge in [-0.1, -0.05) is 18.2 Å². The summed E-state index contributed by atoms with van der Waals surface area (Å²) in [4.78, 5) is 23.1. The summed E-state index contributed by atoms with van der Waals surface area (Å²) in [5, 5.41) is 13.2. The molecule has 0 unspecified atom stereocenters. The van der Waals surface area contributed by atoms with Gasteiger partial charge in [0.05, 0.1) is 0 Å². The molecule has 0 aliphatic rings. The lowest BCUT2D eigenvalue weighted by Gasteiger charge is -2.02. The minimum absolute atomic E-state index is 0.211. The summed E-state index contributed by atoms with van der Waals surface area (Å²) in [5.74, 6) is -1.21. The molecule has 0 spiro atoms. The van der Waals surface area contributed by atoms with Crippen molar-refractivity contribution in [2.75, 3.05) is 5.32 Å². The van der Waals surface area contributed by atoms with Crippen LogP contribution in [0.2, 0.25) is 0 Å². The van der Waals surface area contributed by atoms with Gasteiger partial charge in [-0.3, -0.25) is 4.79 Å². The maximum Gasteiger partial charge on any atom is 0.328 e. The average molecular weight is 299 g/mol. The van der Waals surface area contributed by atoms with Crippen molar-refractivity contribution in [3.63, 3.8) is 0 Å². The summed E-state index contributed by atoms with van der Waals surface area (Å²) < 4.78 is 0. The molecule has 0 bridgehead atoms. The molecule has 0 saturated carbocycles. The Hall–Kier alpha value is -2.66. The van der Waals surface area contributed by atoms with Gasteiger partial charge in [-0.2, -0.15) is 0 Å². The largest absolute Gasteiger partial charge is 0.478 e. The maximum atomic E-state index is 11.7. The lowest BCUT2D eigenvalue weighted by molar-refractivity contribution is -0.131. The van der Waals surface area contributed by atoms with Crippen molar-refractivity contribution in [1.29, 1.82) is 0 Å². The van der Waals surface area contributed by atoms with Crippen molar-refractivity contribution in [1.82, 2.24) is 0 Å². The zero-order valence-electron chi connectivity index (χ0n) is 11.0. The standard InChI is InChI=1S/C16H13NO3S/c18-15(9-8-14-2-1-11-21-14)17-13-6-3-12(4-7-13)5-10-16(19)20/h1-11H,(H,17,18)(H,19,20)/b9-8+,10-5+. The zero-order chi connectivity index (χ0) is 15.1. The molecule has 21 heavy (non-hydrogen) atoms. The summed E-state index contributed by atoms with van der Waals surface area (Å²) >= 11 is 1.56. The van der Waals surface area contributed by atoms with Crippen LogP contribution in [-0.4, -0.2) is 17.0 Å². The van der Waals surface area contributed by atoms with E-state index in [1.165, 1.54) is 12.2 Å². The van der Waals surface area contributed by atoms with E-state index in [0.717, 1.165) is 16.5 Å². The smallest absolute Gasteiger partial charge is 0.328 e. The van der Waals surface area contributed by atoms with E-state index in [0.29, 0.717) is 5.69 Å². The van der Waals surface area contributed by atoms with Gasteiger partial charge in [-0.15, -0.1) is 11.3 Å². The van der Waals surface area contributed by atoms with Crippen LogP contribution in [-0.2, 0) is 9.59 Å². The van der Waals surface area contributed by atoms with Crippen molar-refractivity contribution in [2.45, 2.75) is 0 Å². The summed E-state index contributed by atoms with van der Waals surface area (Å²) in [6.07, 6.45) is 5.79. The number of rotatable bonds is 5. The van der Waals surface area contributed by atoms with Crippen LogP contribution in [0.5, 0.6) is 0 Å². The predicted molar refractivity (Wildman–Crippen MR) is 85.1 cm³/mol. The molecule has 0 aliphatic heterocycles. The first-order valence-electron chi connectivity index (χ1n) is 6.17. The fourth-order valence-electron chi connectivity index (χ4n) is 1.57. The van der Waals surface area contributed by atoms with Crippen LogP contribution >= 0.6 is 11.3 Å². The van der Waals surface area contributed by atoms with Gasteiger partial charge < -0.3 is 10.4 Å². The number of nitrogens with one attached hydrogen (secondary N) is 1. The number of carboxylic acid groups (broad SMARTS) is 1. The van der Waals surface area contributed by atoms with Crippen LogP contribution in [0.15, 0.2) is 53.9 Å². The summed E-state index contributed by atoms with van der Waals surface area (Å²) in [5.41, 5.74) is 1.41. The van der Waals surface area contributed by atoms with Crippen LogP contribution in [0.1, 0.15) is 10.4 Å². The third kappa shape index (κ3) is 5.08. The van der Waals surface area contributed by atoms with Gasteiger partial charge in [0, 0.05) is 22.7 Å². The first-order valence-corrected chi connectivity index (χ1v) is 7.05. The van der Waals surface area contributed by atoms with Gasteiger partial charge in [-0.25, -0.2) is 4.79 Å². The van der Waals surface area contributed by atoms with E-state index in [4.69, 9.17) is 5.11 Å². The number of hydrogen-bond donors (Lipinski definition) is 2. The van der Waals surface area contributed by atoms with Gasteiger partial charge in [0.1, 0.15) is 0 Å². The van der Waals surface area contributed by atoms with Crippen LogP contribution in [0.4, 0.5) is 5.69 Å². The quantitative estimate of drug-likeness (QED) is 0.830. The van der Waals surface area contributed by atoms with E-state index in [2.05, 4.69) is 5.32 Å². The fraction of sp³-hybridized carbons (Fsp3) is 0. The van der Waals surface area contributed by atoms with E-state index in [9.17, 15) is 9.59 Å². The van der Waals surface area contributed by atoms with Gasteiger partial charge >= 0.3 is 5.97 Å². The lowest BCUT2D eigenvalue weighted by Crippen LogP contribution is -2.07. The number of aliphatic carboxylic acids is 1. The number of amides is 1. The van der Waals surface area contributed by atoms with E-state index in [1.54, 1.807) is 41.7 Å². The van der Waals surface area contributed by atoms with E-state index in [1.807, 2.05) is 17.5 Å².